The van der Waals surface area contributed by atoms with Crippen molar-refractivity contribution in [1.29, 1.82) is 0 Å². The largest absolute Gasteiger partial charge is 0.489 e. The highest BCUT2D eigenvalue weighted by Gasteiger charge is 2.28. The lowest BCUT2D eigenvalue weighted by Crippen LogP contribution is -2.40. The molecule has 0 bridgehead atoms. The Bertz CT molecular complexity index is 1130. The number of rotatable bonds is 7. The van der Waals surface area contributed by atoms with Gasteiger partial charge in [0.15, 0.2) is 0 Å². The van der Waals surface area contributed by atoms with Crippen molar-refractivity contribution < 1.29 is 27.6 Å². The van der Waals surface area contributed by atoms with Crippen molar-refractivity contribution in [2.24, 2.45) is 0 Å². The van der Waals surface area contributed by atoms with Crippen LogP contribution in [0.25, 0.3) is 0 Å². The molecular weight excluding hydrogens is 462 g/mol. The fourth-order valence-electron chi connectivity index (χ4n) is 3.05. The lowest BCUT2D eigenvalue weighted by atomic mass is 10.1. The molecule has 1 N–H and O–H groups in total. The second-order valence-electron chi connectivity index (χ2n) is 7.22. The van der Waals surface area contributed by atoms with Crippen molar-refractivity contribution in [1.82, 2.24) is 4.31 Å². The van der Waals surface area contributed by atoms with Crippen molar-refractivity contribution >= 4 is 38.9 Å². The first-order chi connectivity index (χ1) is 15.1. The van der Waals surface area contributed by atoms with Gasteiger partial charge < -0.3 is 14.8 Å². The van der Waals surface area contributed by atoms with Crippen LogP contribution in [0.3, 0.4) is 0 Å². The number of halogens is 1. The van der Waals surface area contributed by atoms with Gasteiger partial charge >= 0.3 is 0 Å². The Morgan fingerprint density at radius 3 is 2.53 bits per heavy atom. The van der Waals surface area contributed by atoms with E-state index in [1.807, 2.05) is 0 Å². The number of sulfonamides is 1. The lowest BCUT2D eigenvalue weighted by molar-refractivity contribution is -0.384. The Morgan fingerprint density at radius 2 is 1.91 bits per heavy atom. The molecule has 1 heterocycles. The maximum atomic E-state index is 13.0. The molecular formula is C20H22ClN3O7S. The van der Waals surface area contributed by atoms with E-state index in [0.29, 0.717) is 13.2 Å². The maximum Gasteiger partial charge on any atom is 0.270 e. The zero-order valence-electron chi connectivity index (χ0n) is 17.4. The Hall–Kier alpha value is -2.73. The standard InChI is InChI=1S/C20H22ClN3O7S/c1-13(2)31-19-6-4-15(32(28,29)23-7-9-30-10-8-23)12-18(19)22-20(25)16-11-14(24(26)27)3-5-17(16)21/h3-6,11-13H,7-10H2,1-2H3,(H,22,25). The van der Waals surface area contributed by atoms with Gasteiger partial charge in [0.25, 0.3) is 11.6 Å². The zero-order chi connectivity index (χ0) is 23.5. The Labute approximate surface area is 190 Å². The quantitative estimate of drug-likeness (QED) is 0.472. The number of hydrogen-bond acceptors (Lipinski definition) is 7. The Morgan fingerprint density at radius 1 is 1.22 bits per heavy atom. The molecule has 1 saturated heterocycles. The zero-order valence-corrected chi connectivity index (χ0v) is 19.0. The predicted octanol–water partition coefficient (Wildman–Crippen LogP) is 3.31. The van der Waals surface area contributed by atoms with E-state index < -0.39 is 20.9 Å². The van der Waals surface area contributed by atoms with E-state index in [2.05, 4.69) is 5.32 Å². The van der Waals surface area contributed by atoms with Crippen LogP contribution in [0.2, 0.25) is 5.02 Å². The summed E-state index contributed by atoms with van der Waals surface area (Å²) in [5.74, 6) is -0.496. The van der Waals surface area contributed by atoms with Crippen molar-refractivity contribution in [2.75, 3.05) is 31.6 Å². The second kappa shape index (κ2) is 9.82. The van der Waals surface area contributed by atoms with Crippen LogP contribution in [0.4, 0.5) is 11.4 Å². The van der Waals surface area contributed by atoms with Crippen LogP contribution in [-0.4, -0.2) is 56.0 Å². The highest BCUT2D eigenvalue weighted by atomic mass is 35.5. The number of non-ortho nitro benzene ring substituents is 1. The van der Waals surface area contributed by atoms with E-state index >= 15 is 0 Å². The summed E-state index contributed by atoms with van der Waals surface area (Å²) in [7, 11) is -3.83. The summed E-state index contributed by atoms with van der Waals surface area (Å²) in [6.45, 7) is 4.59. The number of carbonyl (C=O) groups excluding carboxylic acids is 1. The SMILES string of the molecule is CC(C)Oc1ccc(S(=O)(=O)N2CCOCC2)cc1NC(=O)c1cc([N+](=O)[O-])ccc1Cl. The van der Waals surface area contributed by atoms with E-state index in [-0.39, 0.29) is 51.8 Å². The number of hydrogen-bond donors (Lipinski definition) is 1. The second-order valence-corrected chi connectivity index (χ2v) is 9.56. The van der Waals surface area contributed by atoms with E-state index in [1.54, 1.807) is 13.8 Å². The van der Waals surface area contributed by atoms with Crippen LogP contribution in [0.5, 0.6) is 5.75 Å². The van der Waals surface area contributed by atoms with Crippen LogP contribution in [0, 0.1) is 10.1 Å². The number of nitro groups is 1. The van der Waals surface area contributed by atoms with Crippen molar-refractivity contribution in [3.8, 4) is 5.75 Å². The molecule has 1 fully saturated rings. The molecule has 32 heavy (non-hydrogen) atoms. The van der Waals surface area contributed by atoms with Crippen LogP contribution in [-0.2, 0) is 14.8 Å². The Kier molecular flexibility index (Phi) is 7.34. The van der Waals surface area contributed by atoms with Crippen LogP contribution < -0.4 is 10.1 Å². The van der Waals surface area contributed by atoms with Gasteiger partial charge in [-0.15, -0.1) is 0 Å². The van der Waals surface area contributed by atoms with Gasteiger partial charge in [0.05, 0.1) is 45.4 Å². The molecule has 1 amide bonds. The average molecular weight is 484 g/mol. The third-order valence-corrected chi connectivity index (χ3v) is 6.80. The normalized spacial score (nSPS) is 14.9. The number of nitrogens with one attached hydrogen (secondary N) is 1. The van der Waals surface area contributed by atoms with E-state index in [1.165, 1.54) is 34.6 Å². The molecule has 1 aliphatic rings. The van der Waals surface area contributed by atoms with Gasteiger partial charge in [0.2, 0.25) is 10.0 Å². The van der Waals surface area contributed by atoms with Gasteiger partial charge in [-0.25, -0.2) is 8.42 Å². The molecule has 0 aliphatic carbocycles. The minimum Gasteiger partial charge on any atom is -0.489 e. The Balaban J connectivity index is 1.98. The minimum absolute atomic E-state index is 0.0107. The molecule has 2 aromatic rings. The average Bonchev–Trinajstić information content (AvgIpc) is 2.75. The monoisotopic (exact) mass is 483 g/mol. The summed E-state index contributed by atoms with van der Waals surface area (Å²) in [4.78, 5) is 23.2. The summed E-state index contributed by atoms with van der Waals surface area (Å²) in [5.41, 5.74) is -0.333. The minimum atomic E-state index is -3.83. The third-order valence-electron chi connectivity index (χ3n) is 4.58. The van der Waals surface area contributed by atoms with Crippen LogP contribution in [0.15, 0.2) is 41.3 Å². The topological polar surface area (TPSA) is 128 Å². The van der Waals surface area contributed by atoms with Gasteiger partial charge in [-0.1, -0.05) is 11.6 Å². The van der Waals surface area contributed by atoms with Crippen molar-refractivity contribution in [3.63, 3.8) is 0 Å². The molecule has 0 spiro atoms. The van der Waals surface area contributed by atoms with Crippen LogP contribution >= 0.6 is 11.6 Å². The smallest absolute Gasteiger partial charge is 0.270 e. The van der Waals surface area contributed by atoms with Crippen LogP contribution in [0.1, 0.15) is 24.2 Å². The highest BCUT2D eigenvalue weighted by molar-refractivity contribution is 7.89. The van der Waals surface area contributed by atoms with Crippen molar-refractivity contribution in [3.05, 3.63) is 57.1 Å². The summed E-state index contributed by atoms with van der Waals surface area (Å²) < 4.78 is 38.3. The van der Waals surface area contributed by atoms with Gasteiger partial charge in [0.1, 0.15) is 5.75 Å². The number of amides is 1. The van der Waals surface area contributed by atoms with Gasteiger partial charge in [-0.2, -0.15) is 4.31 Å². The fourth-order valence-corrected chi connectivity index (χ4v) is 4.69. The molecule has 1 aliphatic heterocycles. The number of nitrogens with zero attached hydrogens (tertiary/aromatic N) is 2. The molecule has 0 saturated carbocycles. The summed E-state index contributed by atoms with van der Waals surface area (Å²) in [5, 5.41) is 13.6. The van der Waals surface area contributed by atoms with Gasteiger partial charge in [-0.05, 0) is 38.1 Å². The molecule has 0 unspecified atom stereocenters. The third kappa shape index (κ3) is 5.36. The molecule has 0 aromatic heterocycles. The van der Waals surface area contributed by atoms with E-state index in [9.17, 15) is 23.3 Å². The molecule has 0 atom stereocenters. The molecule has 0 radical (unpaired) electrons. The number of ether oxygens (including phenoxy) is 2. The number of anilines is 1. The van der Waals surface area contributed by atoms with Gasteiger partial charge in [0, 0.05) is 25.2 Å². The number of carbonyl (C=O) groups is 1. The number of morpholine rings is 1. The van der Waals surface area contributed by atoms with Crippen molar-refractivity contribution in [2.45, 2.75) is 24.8 Å². The number of nitro benzene ring substituents is 1. The highest BCUT2D eigenvalue weighted by Crippen LogP contribution is 2.32. The molecule has 3 rings (SSSR count). The molecule has 10 nitrogen and oxygen atoms in total. The molecule has 2 aromatic carbocycles. The predicted molar refractivity (Wildman–Crippen MR) is 118 cm³/mol. The summed E-state index contributed by atoms with van der Waals surface area (Å²) in [6.07, 6.45) is -0.256. The van der Waals surface area contributed by atoms with E-state index in [4.69, 9.17) is 21.1 Å². The summed E-state index contributed by atoms with van der Waals surface area (Å²) in [6, 6.07) is 7.64. The fraction of sp³-hybridized carbons (Fsp3) is 0.350. The van der Waals surface area contributed by atoms with E-state index in [0.717, 1.165) is 6.07 Å². The first-order valence-electron chi connectivity index (χ1n) is 9.73. The van der Waals surface area contributed by atoms with Gasteiger partial charge in [-0.3, -0.25) is 14.9 Å². The number of benzene rings is 2. The molecule has 172 valence electrons. The first kappa shape index (κ1) is 23.9. The summed E-state index contributed by atoms with van der Waals surface area (Å²) >= 11 is 6.06. The first-order valence-corrected chi connectivity index (χ1v) is 11.6. The maximum absolute atomic E-state index is 13.0. The lowest BCUT2D eigenvalue weighted by Gasteiger charge is -2.26. The molecule has 12 heteroatoms.